The van der Waals surface area contributed by atoms with Crippen molar-refractivity contribution in [3.8, 4) is 5.69 Å². The van der Waals surface area contributed by atoms with Crippen LogP contribution in [0.4, 0.5) is 0 Å². The van der Waals surface area contributed by atoms with Gasteiger partial charge in [-0.05, 0) is 37.6 Å². The Bertz CT molecular complexity index is 880. The van der Waals surface area contributed by atoms with Crippen molar-refractivity contribution in [3.63, 3.8) is 0 Å². The maximum atomic E-state index is 12.1. The molecule has 0 fully saturated rings. The number of nitrogens with zero attached hydrogens (tertiary/aromatic N) is 2. The third-order valence-corrected chi connectivity index (χ3v) is 4.11. The lowest BCUT2D eigenvalue weighted by atomic mass is 10.2. The van der Waals surface area contributed by atoms with Crippen LogP contribution in [-0.2, 0) is 11.3 Å². The number of benzene rings is 2. The van der Waals surface area contributed by atoms with E-state index in [1.807, 2.05) is 85.3 Å². The molecule has 0 atom stereocenters. The fourth-order valence-corrected chi connectivity index (χ4v) is 2.72. The van der Waals surface area contributed by atoms with Gasteiger partial charge in [-0.2, -0.15) is 5.10 Å². The molecule has 0 saturated carbocycles. The zero-order valence-electron chi connectivity index (χ0n) is 14.4. The Hall–Kier alpha value is -3.14. The van der Waals surface area contributed by atoms with Crippen molar-refractivity contribution in [1.29, 1.82) is 0 Å². The van der Waals surface area contributed by atoms with Gasteiger partial charge in [0.25, 0.3) is 0 Å². The molecule has 3 rings (SSSR count). The zero-order valence-corrected chi connectivity index (χ0v) is 14.4. The monoisotopic (exact) mass is 331 g/mol. The first-order valence-electron chi connectivity index (χ1n) is 8.26. The number of nitrogens with one attached hydrogen (secondary N) is 1. The minimum Gasteiger partial charge on any atom is -0.348 e. The van der Waals surface area contributed by atoms with Crippen LogP contribution in [0, 0.1) is 13.8 Å². The lowest BCUT2D eigenvalue weighted by molar-refractivity contribution is -0.116. The van der Waals surface area contributed by atoms with Crippen LogP contribution in [0.25, 0.3) is 11.8 Å². The molecule has 25 heavy (non-hydrogen) atoms. The molecule has 0 radical (unpaired) electrons. The van der Waals surface area contributed by atoms with Crippen molar-refractivity contribution in [1.82, 2.24) is 15.1 Å². The van der Waals surface area contributed by atoms with Gasteiger partial charge in [-0.3, -0.25) is 4.79 Å². The Labute approximate surface area is 147 Å². The summed E-state index contributed by atoms with van der Waals surface area (Å²) in [5, 5.41) is 7.54. The normalized spacial score (nSPS) is 11.0. The van der Waals surface area contributed by atoms with E-state index < -0.39 is 0 Å². The largest absolute Gasteiger partial charge is 0.348 e. The lowest BCUT2D eigenvalue weighted by Gasteiger charge is -2.06. The average Bonchev–Trinajstić information content (AvgIpc) is 2.94. The molecule has 0 bridgehead atoms. The van der Waals surface area contributed by atoms with Crippen LogP contribution in [0.2, 0.25) is 0 Å². The molecule has 0 aliphatic carbocycles. The molecule has 4 heteroatoms. The van der Waals surface area contributed by atoms with Crippen LogP contribution >= 0.6 is 0 Å². The molecule has 126 valence electrons. The second-order valence-electron chi connectivity index (χ2n) is 5.86. The quantitative estimate of drug-likeness (QED) is 0.723. The topological polar surface area (TPSA) is 46.9 Å². The summed E-state index contributed by atoms with van der Waals surface area (Å²) in [7, 11) is 0. The molecule has 0 unspecified atom stereocenters. The number of para-hydroxylation sites is 1. The highest BCUT2D eigenvalue weighted by molar-refractivity contribution is 5.91. The molecular weight excluding hydrogens is 310 g/mol. The van der Waals surface area contributed by atoms with Crippen LogP contribution in [0.1, 0.15) is 22.5 Å². The summed E-state index contributed by atoms with van der Waals surface area (Å²) < 4.78 is 1.91. The standard InChI is InChI=1S/C21H21N3O/c1-16-20(17(2)24(23-16)19-11-7-4-8-12-19)15-22-21(25)14-13-18-9-5-3-6-10-18/h3-14H,15H2,1-2H3,(H,22,25). The number of carbonyl (C=O) groups is 1. The molecule has 4 nitrogen and oxygen atoms in total. The Kier molecular flexibility index (Phi) is 5.09. The number of rotatable bonds is 5. The molecule has 1 heterocycles. The minimum atomic E-state index is -0.116. The lowest BCUT2D eigenvalue weighted by Crippen LogP contribution is -2.21. The van der Waals surface area contributed by atoms with Crippen LogP contribution in [0.5, 0.6) is 0 Å². The molecule has 1 amide bonds. The van der Waals surface area contributed by atoms with E-state index in [9.17, 15) is 4.79 Å². The van der Waals surface area contributed by atoms with E-state index in [1.165, 1.54) is 0 Å². The minimum absolute atomic E-state index is 0.116. The summed E-state index contributed by atoms with van der Waals surface area (Å²) in [5.74, 6) is -0.116. The van der Waals surface area contributed by atoms with Crippen molar-refractivity contribution in [2.45, 2.75) is 20.4 Å². The summed E-state index contributed by atoms with van der Waals surface area (Å²) in [6.45, 7) is 4.45. The maximum Gasteiger partial charge on any atom is 0.244 e. The molecule has 1 aromatic heterocycles. The SMILES string of the molecule is Cc1nn(-c2ccccc2)c(C)c1CNC(=O)C=Cc1ccccc1. The summed E-state index contributed by atoms with van der Waals surface area (Å²) >= 11 is 0. The molecule has 0 saturated heterocycles. The van der Waals surface area contributed by atoms with Crippen molar-refractivity contribution in [2.24, 2.45) is 0 Å². The van der Waals surface area contributed by atoms with E-state index >= 15 is 0 Å². The number of carbonyl (C=O) groups excluding carboxylic acids is 1. The molecule has 0 aliphatic rings. The molecule has 0 spiro atoms. The van der Waals surface area contributed by atoms with Gasteiger partial charge in [0.2, 0.25) is 5.91 Å². The Balaban J connectivity index is 1.68. The van der Waals surface area contributed by atoms with E-state index in [0.717, 1.165) is 28.2 Å². The first-order chi connectivity index (χ1) is 12.1. The zero-order chi connectivity index (χ0) is 17.6. The number of hydrogen-bond donors (Lipinski definition) is 1. The molecule has 2 aromatic carbocycles. The van der Waals surface area contributed by atoms with Crippen LogP contribution in [0.3, 0.4) is 0 Å². The Morgan fingerprint density at radius 3 is 2.36 bits per heavy atom. The van der Waals surface area contributed by atoms with Crippen molar-refractivity contribution in [3.05, 3.63) is 89.3 Å². The summed E-state index contributed by atoms with van der Waals surface area (Å²) in [4.78, 5) is 12.1. The average molecular weight is 331 g/mol. The van der Waals surface area contributed by atoms with Gasteiger partial charge in [-0.15, -0.1) is 0 Å². The van der Waals surface area contributed by atoms with Gasteiger partial charge in [0, 0.05) is 23.9 Å². The molecular formula is C21H21N3O. The van der Waals surface area contributed by atoms with Gasteiger partial charge in [-0.25, -0.2) is 4.68 Å². The number of aryl methyl sites for hydroxylation is 1. The highest BCUT2D eigenvalue weighted by atomic mass is 16.1. The Morgan fingerprint density at radius 2 is 1.68 bits per heavy atom. The predicted molar refractivity (Wildman–Crippen MR) is 100 cm³/mol. The van der Waals surface area contributed by atoms with Crippen LogP contribution in [-0.4, -0.2) is 15.7 Å². The van der Waals surface area contributed by atoms with Crippen molar-refractivity contribution < 1.29 is 4.79 Å². The highest BCUT2D eigenvalue weighted by Gasteiger charge is 2.12. The van der Waals surface area contributed by atoms with Gasteiger partial charge in [0.15, 0.2) is 0 Å². The van der Waals surface area contributed by atoms with Gasteiger partial charge in [0.1, 0.15) is 0 Å². The summed E-state index contributed by atoms with van der Waals surface area (Å²) in [6.07, 6.45) is 3.37. The van der Waals surface area contributed by atoms with Crippen LogP contribution < -0.4 is 5.32 Å². The van der Waals surface area contributed by atoms with Gasteiger partial charge in [0.05, 0.1) is 11.4 Å². The fourth-order valence-electron chi connectivity index (χ4n) is 2.72. The van der Waals surface area contributed by atoms with E-state index in [4.69, 9.17) is 0 Å². The van der Waals surface area contributed by atoms with E-state index in [2.05, 4.69) is 10.4 Å². The smallest absolute Gasteiger partial charge is 0.244 e. The first kappa shape index (κ1) is 16.7. The maximum absolute atomic E-state index is 12.1. The number of amides is 1. The van der Waals surface area contributed by atoms with Gasteiger partial charge < -0.3 is 5.32 Å². The van der Waals surface area contributed by atoms with E-state index in [0.29, 0.717) is 6.54 Å². The highest BCUT2D eigenvalue weighted by Crippen LogP contribution is 2.17. The van der Waals surface area contributed by atoms with Gasteiger partial charge >= 0.3 is 0 Å². The van der Waals surface area contributed by atoms with E-state index in [1.54, 1.807) is 6.08 Å². The third kappa shape index (κ3) is 4.04. The Morgan fingerprint density at radius 1 is 1.04 bits per heavy atom. The van der Waals surface area contributed by atoms with Crippen LogP contribution in [0.15, 0.2) is 66.7 Å². The predicted octanol–water partition coefficient (Wildman–Crippen LogP) is 3.82. The second-order valence-corrected chi connectivity index (χ2v) is 5.86. The molecule has 0 aliphatic heterocycles. The van der Waals surface area contributed by atoms with Crippen molar-refractivity contribution in [2.75, 3.05) is 0 Å². The van der Waals surface area contributed by atoms with E-state index in [-0.39, 0.29) is 5.91 Å². The number of hydrogen-bond acceptors (Lipinski definition) is 2. The van der Waals surface area contributed by atoms with Gasteiger partial charge in [-0.1, -0.05) is 48.5 Å². The number of aromatic nitrogens is 2. The molecule has 3 aromatic rings. The molecule has 1 N–H and O–H groups in total. The third-order valence-electron chi connectivity index (χ3n) is 4.11. The first-order valence-corrected chi connectivity index (χ1v) is 8.26. The summed E-state index contributed by atoms with van der Waals surface area (Å²) in [5.41, 5.74) is 5.03. The van der Waals surface area contributed by atoms with Crippen molar-refractivity contribution >= 4 is 12.0 Å². The fraction of sp³-hybridized carbons (Fsp3) is 0.143. The second kappa shape index (κ2) is 7.62. The summed E-state index contributed by atoms with van der Waals surface area (Å²) in [6, 6.07) is 19.8.